The number of morpholine rings is 1. The lowest BCUT2D eigenvalue weighted by atomic mass is 9.55. The molecule has 5 atom stereocenters. The number of benzene rings is 1. The Hall–Kier alpha value is -2.09. The lowest BCUT2D eigenvalue weighted by Crippen LogP contribution is -2.45. The number of para-hydroxylation sites is 1. The fraction of sp³-hybridized carbons (Fsp3) is 0.710. The number of esters is 1. The van der Waals surface area contributed by atoms with E-state index in [1.807, 2.05) is 12.1 Å². The van der Waals surface area contributed by atoms with E-state index < -0.39 is 0 Å². The molecule has 2 heterocycles. The maximum Gasteiger partial charge on any atom is 0.310 e. The van der Waals surface area contributed by atoms with Crippen molar-refractivity contribution in [2.24, 2.45) is 23.2 Å². The van der Waals surface area contributed by atoms with Gasteiger partial charge in [0.05, 0.1) is 33.4 Å². The minimum Gasteiger partial charge on any atom is -0.493 e. The fourth-order valence-electron chi connectivity index (χ4n) is 7.64. The van der Waals surface area contributed by atoms with E-state index in [4.69, 9.17) is 18.9 Å². The summed E-state index contributed by atoms with van der Waals surface area (Å²) in [6.45, 7) is 13.8. The number of methoxy groups -OCH3 is 2. The maximum absolute atomic E-state index is 13.3. The first-order valence-electron chi connectivity index (χ1n) is 14.5. The van der Waals surface area contributed by atoms with Crippen LogP contribution in [0.25, 0.3) is 0 Å². The number of rotatable bonds is 10. The van der Waals surface area contributed by atoms with Crippen molar-refractivity contribution in [1.29, 1.82) is 0 Å². The Bertz CT molecular complexity index is 992. The molecule has 0 unspecified atom stereocenters. The molecule has 2 aliphatic heterocycles. The lowest BCUT2D eigenvalue weighted by Gasteiger charge is -2.50. The van der Waals surface area contributed by atoms with E-state index in [1.165, 1.54) is 18.4 Å². The van der Waals surface area contributed by atoms with Gasteiger partial charge in [0.2, 0.25) is 0 Å². The summed E-state index contributed by atoms with van der Waals surface area (Å²) in [4.78, 5) is 18.2. The molecule has 0 radical (unpaired) electrons. The molecule has 0 spiro atoms. The maximum atomic E-state index is 13.3. The van der Waals surface area contributed by atoms with Crippen molar-refractivity contribution in [2.75, 3.05) is 60.2 Å². The summed E-state index contributed by atoms with van der Waals surface area (Å²) < 4.78 is 22.9. The van der Waals surface area contributed by atoms with Gasteiger partial charge in [-0.15, -0.1) is 0 Å². The minimum absolute atomic E-state index is 0.0105. The second kappa shape index (κ2) is 12.0. The number of carbonyl (C=O) groups excluding carboxylic acids is 1. The van der Waals surface area contributed by atoms with Crippen molar-refractivity contribution in [3.63, 3.8) is 0 Å². The molecule has 4 fully saturated rings. The average Bonchev–Trinajstić information content (AvgIpc) is 3.20. The van der Waals surface area contributed by atoms with Crippen molar-refractivity contribution in [1.82, 2.24) is 9.80 Å². The van der Waals surface area contributed by atoms with Crippen molar-refractivity contribution >= 4 is 5.97 Å². The number of hydrogen-bond donors (Lipinski definition) is 0. The van der Waals surface area contributed by atoms with Crippen LogP contribution in [0.1, 0.15) is 51.0 Å². The topological polar surface area (TPSA) is 60.5 Å². The van der Waals surface area contributed by atoms with Crippen LogP contribution >= 0.6 is 0 Å². The molecular weight excluding hydrogens is 480 g/mol. The lowest BCUT2D eigenvalue weighted by molar-refractivity contribution is -0.146. The Balaban J connectivity index is 1.32. The first kappa shape index (κ1) is 27.5. The summed E-state index contributed by atoms with van der Waals surface area (Å²) in [6.07, 6.45) is 6.64. The average molecular weight is 527 g/mol. The van der Waals surface area contributed by atoms with E-state index in [9.17, 15) is 4.79 Å². The van der Waals surface area contributed by atoms with Gasteiger partial charge in [-0.05, 0) is 69.0 Å². The first-order chi connectivity index (χ1) is 18.4. The monoisotopic (exact) mass is 526 g/mol. The van der Waals surface area contributed by atoms with Crippen LogP contribution in [0.15, 0.2) is 30.4 Å². The van der Waals surface area contributed by atoms with Gasteiger partial charge in [-0.25, -0.2) is 0 Å². The van der Waals surface area contributed by atoms with Crippen LogP contribution in [0.3, 0.4) is 0 Å². The molecule has 0 N–H and O–H groups in total. The predicted octanol–water partition coefficient (Wildman–Crippen LogP) is 4.54. The standard InChI is InChI=1S/C31H46N2O5/c1-22-8-6-11-31(2)19-28-24(18-26(22)31)25(30(34)38-28)21-33(13-7-12-32-14-16-37-17-15-32)20-23-9-5-10-27(35-3)29(23)36-4/h5,9-10,24-26,28H,1,6-8,11-21H2,2-4H3/t24-,25+,26+,28-,31-/m1/s1. The summed E-state index contributed by atoms with van der Waals surface area (Å²) >= 11 is 0. The second-order valence-corrected chi connectivity index (χ2v) is 12.1. The number of allylic oxidation sites excluding steroid dienone is 1. The SMILES string of the molecule is C=C1CCC[C@]2(C)C[C@H]3OC(=O)[C@@H](CN(CCCN4CCOCC4)Cc4cccc(OC)c4OC)[C@H]3C[C@@H]12. The molecular formula is C31H46N2O5. The van der Waals surface area contributed by atoms with E-state index in [-0.39, 0.29) is 29.3 Å². The zero-order valence-corrected chi connectivity index (χ0v) is 23.6. The van der Waals surface area contributed by atoms with Gasteiger partial charge in [-0.3, -0.25) is 14.6 Å². The van der Waals surface area contributed by atoms with Gasteiger partial charge in [0.15, 0.2) is 11.5 Å². The molecule has 7 heteroatoms. The summed E-state index contributed by atoms with van der Waals surface area (Å²) in [5.41, 5.74) is 2.69. The third-order valence-corrected chi connectivity index (χ3v) is 9.71. The van der Waals surface area contributed by atoms with Crippen LogP contribution in [0.2, 0.25) is 0 Å². The van der Waals surface area contributed by atoms with Gasteiger partial charge in [0, 0.05) is 37.7 Å². The van der Waals surface area contributed by atoms with Crippen molar-refractivity contribution in [3.05, 3.63) is 35.9 Å². The molecule has 0 amide bonds. The molecule has 210 valence electrons. The third kappa shape index (κ3) is 5.75. The van der Waals surface area contributed by atoms with Gasteiger partial charge in [0.1, 0.15) is 6.10 Å². The number of fused-ring (bicyclic) bond motifs is 2. The second-order valence-electron chi connectivity index (χ2n) is 12.1. The Morgan fingerprint density at radius 2 is 2.03 bits per heavy atom. The Labute approximate surface area is 228 Å². The molecule has 2 aliphatic carbocycles. The Kier molecular flexibility index (Phi) is 8.65. The van der Waals surface area contributed by atoms with Crippen LogP contribution in [0.4, 0.5) is 0 Å². The van der Waals surface area contributed by atoms with Gasteiger partial charge in [-0.2, -0.15) is 0 Å². The quantitative estimate of drug-likeness (QED) is 0.328. The third-order valence-electron chi connectivity index (χ3n) is 9.71. The molecule has 1 aromatic carbocycles. The van der Waals surface area contributed by atoms with Crippen molar-refractivity contribution in [2.45, 2.75) is 58.1 Å². The van der Waals surface area contributed by atoms with Gasteiger partial charge in [0.25, 0.3) is 0 Å². The van der Waals surface area contributed by atoms with Crippen LogP contribution in [0.5, 0.6) is 11.5 Å². The van der Waals surface area contributed by atoms with Gasteiger partial charge >= 0.3 is 5.97 Å². The zero-order chi connectivity index (χ0) is 26.7. The molecule has 0 bridgehead atoms. The first-order valence-corrected chi connectivity index (χ1v) is 14.5. The Morgan fingerprint density at radius 3 is 2.79 bits per heavy atom. The summed E-state index contributed by atoms with van der Waals surface area (Å²) in [7, 11) is 3.37. The van der Waals surface area contributed by atoms with Gasteiger partial charge < -0.3 is 18.9 Å². The van der Waals surface area contributed by atoms with E-state index >= 15 is 0 Å². The molecule has 7 nitrogen and oxygen atoms in total. The minimum atomic E-state index is -0.0979. The highest BCUT2D eigenvalue weighted by molar-refractivity contribution is 5.75. The van der Waals surface area contributed by atoms with Crippen LogP contribution in [0, 0.1) is 23.2 Å². The number of carbonyl (C=O) groups is 1. The molecule has 0 aromatic heterocycles. The molecule has 2 saturated carbocycles. The van der Waals surface area contributed by atoms with Crippen molar-refractivity contribution < 1.29 is 23.7 Å². The van der Waals surface area contributed by atoms with E-state index in [2.05, 4.69) is 29.4 Å². The highest BCUT2D eigenvalue weighted by Crippen LogP contribution is 2.57. The van der Waals surface area contributed by atoms with E-state index in [0.717, 1.165) is 82.1 Å². The molecule has 5 rings (SSSR count). The van der Waals surface area contributed by atoms with Crippen LogP contribution < -0.4 is 9.47 Å². The highest BCUT2D eigenvalue weighted by atomic mass is 16.6. The molecule has 2 saturated heterocycles. The molecule has 1 aromatic rings. The number of ether oxygens (including phenoxy) is 4. The summed E-state index contributed by atoms with van der Waals surface area (Å²) in [6, 6.07) is 6.05. The van der Waals surface area contributed by atoms with Gasteiger partial charge in [-0.1, -0.05) is 31.2 Å². The van der Waals surface area contributed by atoms with Crippen LogP contribution in [-0.4, -0.2) is 82.0 Å². The van der Waals surface area contributed by atoms with E-state index in [0.29, 0.717) is 19.0 Å². The highest BCUT2D eigenvalue weighted by Gasteiger charge is 2.55. The smallest absolute Gasteiger partial charge is 0.310 e. The zero-order valence-electron chi connectivity index (χ0n) is 23.6. The predicted molar refractivity (Wildman–Crippen MR) is 147 cm³/mol. The van der Waals surface area contributed by atoms with Crippen LogP contribution in [-0.2, 0) is 20.8 Å². The summed E-state index contributed by atoms with van der Waals surface area (Å²) in [5, 5.41) is 0. The largest absolute Gasteiger partial charge is 0.493 e. The molecule has 4 aliphatic rings. The van der Waals surface area contributed by atoms with Crippen molar-refractivity contribution in [3.8, 4) is 11.5 Å². The summed E-state index contributed by atoms with van der Waals surface area (Å²) in [5.74, 6) is 2.17. The molecule has 38 heavy (non-hydrogen) atoms. The Morgan fingerprint density at radius 1 is 1.21 bits per heavy atom. The van der Waals surface area contributed by atoms with E-state index in [1.54, 1.807) is 14.2 Å². The normalized spacial score (nSPS) is 31.6. The number of hydrogen-bond acceptors (Lipinski definition) is 7. The number of nitrogens with zero attached hydrogens (tertiary/aromatic N) is 2. The fourth-order valence-corrected chi connectivity index (χ4v) is 7.64.